The molecule has 8 nitrogen and oxygen atoms in total. The number of hydrogen-bond acceptors (Lipinski definition) is 5. The minimum absolute atomic E-state index is 0.0681. The van der Waals surface area contributed by atoms with Crippen LogP contribution in [0.2, 0.25) is 0 Å². The Morgan fingerprint density at radius 3 is 2.54 bits per heavy atom. The van der Waals surface area contributed by atoms with E-state index in [1.165, 1.54) is 12.1 Å². The van der Waals surface area contributed by atoms with Gasteiger partial charge in [0.15, 0.2) is 0 Å². The number of ether oxygens (including phenoxy) is 1. The third kappa shape index (κ3) is 4.99. The van der Waals surface area contributed by atoms with Crippen LogP contribution >= 0.6 is 0 Å². The Kier molecular flexibility index (Phi) is 7.06. The van der Waals surface area contributed by atoms with Gasteiger partial charge in [-0.2, -0.15) is 4.31 Å². The lowest BCUT2D eigenvalue weighted by molar-refractivity contribution is -0.140. The summed E-state index contributed by atoms with van der Waals surface area (Å²) in [4.78, 5) is 23.3. The molecule has 2 N–H and O–H groups in total. The van der Waals surface area contributed by atoms with Crippen LogP contribution in [-0.2, 0) is 24.3 Å². The van der Waals surface area contributed by atoms with Crippen molar-refractivity contribution < 1.29 is 27.1 Å². The predicted octanol–water partition coefficient (Wildman–Crippen LogP) is 0.205. The molecule has 1 aromatic carbocycles. The van der Waals surface area contributed by atoms with E-state index in [0.29, 0.717) is 26.0 Å². The summed E-state index contributed by atoms with van der Waals surface area (Å²) in [6.07, 6.45) is 0.234. The van der Waals surface area contributed by atoms with E-state index < -0.39 is 33.9 Å². The summed E-state index contributed by atoms with van der Waals surface area (Å²) < 4.78 is 45.1. The van der Waals surface area contributed by atoms with Crippen LogP contribution in [0.4, 0.5) is 4.39 Å². The lowest BCUT2D eigenvalue weighted by Crippen LogP contribution is -2.53. The quantitative estimate of drug-likeness (QED) is 0.679. The fourth-order valence-corrected chi connectivity index (χ4v) is 3.99. The van der Waals surface area contributed by atoms with Crippen molar-refractivity contribution in [3.05, 3.63) is 30.1 Å². The molecule has 2 rings (SSSR count). The molecule has 0 radical (unpaired) electrons. The monoisotopic (exact) mass is 387 g/mol. The molecule has 1 heterocycles. The SMILES string of the molecule is CCCNC(=O)C(=O)NCC1OCCCN1S(=O)(=O)c1ccc(F)cc1. The molecule has 1 unspecified atom stereocenters. The van der Waals surface area contributed by atoms with Crippen LogP contribution < -0.4 is 10.6 Å². The van der Waals surface area contributed by atoms with Crippen LogP contribution in [0, 0.1) is 5.82 Å². The fraction of sp³-hybridized carbons (Fsp3) is 0.500. The van der Waals surface area contributed by atoms with Gasteiger partial charge < -0.3 is 15.4 Å². The molecule has 0 aliphatic carbocycles. The highest BCUT2D eigenvalue weighted by atomic mass is 32.2. The van der Waals surface area contributed by atoms with Gasteiger partial charge in [0.2, 0.25) is 10.0 Å². The highest BCUT2D eigenvalue weighted by Gasteiger charge is 2.34. The van der Waals surface area contributed by atoms with Crippen molar-refractivity contribution >= 4 is 21.8 Å². The summed E-state index contributed by atoms with van der Waals surface area (Å²) in [6.45, 7) is 2.59. The Hall–Kier alpha value is -2.04. The second kappa shape index (κ2) is 9.06. The third-order valence-electron chi connectivity index (χ3n) is 3.75. The standard InChI is InChI=1S/C16H22FN3O5S/c1-2-8-18-15(21)16(22)19-11-14-20(9-3-10-25-14)26(23,24)13-6-4-12(17)5-7-13/h4-7,14H,2-3,8-11H2,1H3,(H,18,21)(H,19,22). The molecule has 1 fully saturated rings. The van der Waals surface area contributed by atoms with E-state index in [-0.39, 0.29) is 18.0 Å². The maximum atomic E-state index is 13.0. The number of carbonyl (C=O) groups is 2. The molecule has 26 heavy (non-hydrogen) atoms. The summed E-state index contributed by atoms with van der Waals surface area (Å²) in [6, 6.07) is 4.47. The van der Waals surface area contributed by atoms with Crippen molar-refractivity contribution in [2.24, 2.45) is 0 Å². The zero-order valence-corrected chi connectivity index (χ0v) is 15.2. The molecule has 2 amide bonds. The number of nitrogens with zero attached hydrogens (tertiary/aromatic N) is 1. The van der Waals surface area contributed by atoms with E-state index in [9.17, 15) is 22.4 Å². The van der Waals surface area contributed by atoms with Gasteiger partial charge in [-0.3, -0.25) is 9.59 Å². The van der Waals surface area contributed by atoms with Gasteiger partial charge in [-0.25, -0.2) is 12.8 Å². The lowest BCUT2D eigenvalue weighted by Gasteiger charge is -2.34. The molecule has 1 aromatic rings. The molecule has 1 atom stereocenters. The Morgan fingerprint density at radius 2 is 1.88 bits per heavy atom. The molecule has 0 spiro atoms. The molecule has 144 valence electrons. The molecule has 10 heteroatoms. The van der Waals surface area contributed by atoms with Crippen molar-refractivity contribution in [1.82, 2.24) is 14.9 Å². The first-order valence-electron chi connectivity index (χ1n) is 8.31. The molecule has 0 aromatic heterocycles. The Labute approximate surface area is 151 Å². The molecule has 1 aliphatic heterocycles. The molecule has 1 saturated heterocycles. The van der Waals surface area contributed by atoms with Gasteiger partial charge in [0, 0.05) is 13.1 Å². The Bertz CT molecular complexity index is 739. The van der Waals surface area contributed by atoms with Crippen LogP contribution in [0.25, 0.3) is 0 Å². The topological polar surface area (TPSA) is 105 Å². The van der Waals surface area contributed by atoms with Gasteiger partial charge in [-0.15, -0.1) is 0 Å². The van der Waals surface area contributed by atoms with Gasteiger partial charge in [0.05, 0.1) is 18.0 Å². The van der Waals surface area contributed by atoms with E-state index in [1.807, 2.05) is 6.92 Å². The maximum Gasteiger partial charge on any atom is 0.309 e. The molecular formula is C16H22FN3O5S. The number of nitrogens with one attached hydrogen (secondary N) is 2. The van der Waals surface area contributed by atoms with Crippen molar-refractivity contribution in [1.29, 1.82) is 0 Å². The van der Waals surface area contributed by atoms with E-state index in [0.717, 1.165) is 16.4 Å². The van der Waals surface area contributed by atoms with Gasteiger partial charge in [-0.1, -0.05) is 6.92 Å². The fourth-order valence-electron chi connectivity index (χ4n) is 2.42. The summed E-state index contributed by atoms with van der Waals surface area (Å²) in [5.41, 5.74) is 0. The number of benzene rings is 1. The lowest BCUT2D eigenvalue weighted by atomic mass is 10.3. The number of hydrogen-bond donors (Lipinski definition) is 2. The minimum Gasteiger partial charge on any atom is -0.360 e. The van der Waals surface area contributed by atoms with Crippen LogP contribution in [-0.4, -0.2) is 57.0 Å². The van der Waals surface area contributed by atoms with E-state index >= 15 is 0 Å². The first-order chi connectivity index (χ1) is 12.4. The first kappa shape index (κ1) is 20.3. The number of amides is 2. The average Bonchev–Trinajstić information content (AvgIpc) is 2.64. The van der Waals surface area contributed by atoms with Crippen molar-refractivity contribution in [2.45, 2.75) is 30.9 Å². The third-order valence-corrected chi connectivity index (χ3v) is 5.66. The second-order valence-corrected chi connectivity index (χ2v) is 7.61. The van der Waals surface area contributed by atoms with Crippen LogP contribution in [0.5, 0.6) is 0 Å². The van der Waals surface area contributed by atoms with E-state index in [4.69, 9.17) is 4.74 Å². The zero-order valence-electron chi connectivity index (χ0n) is 14.4. The number of sulfonamides is 1. The summed E-state index contributed by atoms with van der Waals surface area (Å²) in [5.74, 6) is -2.18. The molecule has 0 bridgehead atoms. The molecular weight excluding hydrogens is 365 g/mol. The van der Waals surface area contributed by atoms with Crippen LogP contribution in [0.15, 0.2) is 29.2 Å². The van der Waals surface area contributed by atoms with Gasteiger partial charge in [-0.05, 0) is 37.1 Å². The largest absolute Gasteiger partial charge is 0.360 e. The number of rotatable bonds is 6. The Morgan fingerprint density at radius 1 is 1.23 bits per heavy atom. The van der Waals surface area contributed by atoms with Gasteiger partial charge in [0.1, 0.15) is 12.0 Å². The van der Waals surface area contributed by atoms with Crippen molar-refractivity contribution in [2.75, 3.05) is 26.2 Å². The summed E-state index contributed by atoms with van der Waals surface area (Å²) in [5, 5.41) is 4.81. The van der Waals surface area contributed by atoms with E-state index in [1.54, 1.807) is 0 Å². The number of carbonyl (C=O) groups excluding carboxylic acids is 2. The molecule has 1 aliphatic rings. The minimum atomic E-state index is -3.92. The molecule has 0 saturated carbocycles. The highest BCUT2D eigenvalue weighted by Crippen LogP contribution is 2.22. The van der Waals surface area contributed by atoms with Crippen molar-refractivity contribution in [3.63, 3.8) is 0 Å². The average molecular weight is 387 g/mol. The van der Waals surface area contributed by atoms with E-state index in [2.05, 4.69) is 10.6 Å². The maximum absolute atomic E-state index is 13.0. The Balaban J connectivity index is 2.06. The van der Waals surface area contributed by atoms with Crippen molar-refractivity contribution in [3.8, 4) is 0 Å². The van der Waals surface area contributed by atoms with Crippen LogP contribution in [0.3, 0.4) is 0 Å². The second-order valence-electron chi connectivity index (χ2n) is 5.71. The normalized spacial score (nSPS) is 18.3. The highest BCUT2D eigenvalue weighted by molar-refractivity contribution is 7.89. The predicted molar refractivity (Wildman–Crippen MR) is 91.0 cm³/mol. The zero-order chi connectivity index (χ0) is 19.2. The van der Waals surface area contributed by atoms with Gasteiger partial charge in [0.25, 0.3) is 0 Å². The number of halogens is 1. The van der Waals surface area contributed by atoms with Gasteiger partial charge >= 0.3 is 11.8 Å². The summed E-state index contributed by atoms with van der Waals surface area (Å²) in [7, 11) is -3.92. The first-order valence-corrected chi connectivity index (χ1v) is 9.75. The van der Waals surface area contributed by atoms with Crippen LogP contribution in [0.1, 0.15) is 19.8 Å². The summed E-state index contributed by atoms with van der Waals surface area (Å²) >= 11 is 0. The smallest absolute Gasteiger partial charge is 0.309 e.